The first kappa shape index (κ1) is 9.15. The van der Waals surface area contributed by atoms with Gasteiger partial charge in [-0.05, 0) is 13.8 Å². The van der Waals surface area contributed by atoms with Crippen LogP contribution in [0.1, 0.15) is 13.8 Å². The van der Waals surface area contributed by atoms with E-state index in [9.17, 15) is 4.79 Å². The van der Waals surface area contributed by atoms with E-state index in [0.717, 1.165) is 0 Å². The summed E-state index contributed by atoms with van der Waals surface area (Å²) in [5.74, 6) is -0.131. The van der Waals surface area contributed by atoms with Gasteiger partial charge in [-0.3, -0.25) is 0 Å². The zero-order valence-corrected chi connectivity index (χ0v) is 7.20. The molecule has 5 nitrogen and oxygen atoms in total. The second-order valence-corrected chi connectivity index (χ2v) is 3.24. The number of rotatable bonds is 2. The molecular formula is C7H13N3O2. The van der Waals surface area contributed by atoms with Crippen LogP contribution in [0.15, 0.2) is 4.99 Å². The first-order valence-electron chi connectivity index (χ1n) is 3.75. The molecule has 0 aromatic carbocycles. The van der Waals surface area contributed by atoms with Crippen molar-refractivity contribution in [1.82, 2.24) is 0 Å². The molecule has 0 bridgehead atoms. The smallest absolute Gasteiger partial charge is 0.340 e. The fourth-order valence-corrected chi connectivity index (χ4v) is 0.823. The maximum Gasteiger partial charge on any atom is 0.340 e. The highest BCUT2D eigenvalue weighted by Gasteiger charge is 2.38. The van der Waals surface area contributed by atoms with Crippen molar-refractivity contribution in [2.24, 2.45) is 16.5 Å². The molecule has 1 aliphatic heterocycles. The van der Waals surface area contributed by atoms with Crippen molar-refractivity contribution in [2.45, 2.75) is 25.4 Å². The molecule has 1 heterocycles. The molecule has 1 unspecified atom stereocenters. The van der Waals surface area contributed by atoms with E-state index in [0.29, 0.717) is 0 Å². The van der Waals surface area contributed by atoms with Crippen molar-refractivity contribution in [3.05, 3.63) is 0 Å². The lowest BCUT2D eigenvalue weighted by atomic mass is 10.1. The SMILES string of the molecule is CC1(C)N=C(C(N)CN)OC1=O. The molecule has 0 aromatic heterocycles. The van der Waals surface area contributed by atoms with E-state index < -0.39 is 11.6 Å². The Morgan fingerprint density at radius 1 is 1.67 bits per heavy atom. The van der Waals surface area contributed by atoms with Crippen LogP contribution < -0.4 is 11.5 Å². The fraction of sp³-hybridized carbons (Fsp3) is 0.714. The highest BCUT2D eigenvalue weighted by Crippen LogP contribution is 2.19. The highest BCUT2D eigenvalue weighted by atomic mass is 16.6. The third-order valence-corrected chi connectivity index (χ3v) is 1.66. The summed E-state index contributed by atoms with van der Waals surface area (Å²) in [6.45, 7) is 3.57. The van der Waals surface area contributed by atoms with Crippen molar-refractivity contribution in [3.63, 3.8) is 0 Å². The Bertz CT molecular complexity index is 235. The zero-order chi connectivity index (χ0) is 9.35. The van der Waals surface area contributed by atoms with E-state index in [1.54, 1.807) is 13.8 Å². The molecule has 1 rings (SSSR count). The average Bonchev–Trinajstić information content (AvgIpc) is 2.25. The van der Waals surface area contributed by atoms with Crippen molar-refractivity contribution in [2.75, 3.05) is 6.54 Å². The summed E-state index contributed by atoms with van der Waals surface area (Å²) in [7, 11) is 0. The van der Waals surface area contributed by atoms with Crippen molar-refractivity contribution in [1.29, 1.82) is 0 Å². The summed E-state index contributed by atoms with van der Waals surface area (Å²) in [4.78, 5) is 15.1. The summed E-state index contributed by atoms with van der Waals surface area (Å²) in [5, 5.41) is 0. The molecule has 0 saturated carbocycles. The standard InChI is InChI=1S/C7H13N3O2/c1-7(2)6(11)12-5(10-7)4(9)3-8/h4H,3,8-9H2,1-2H3. The second-order valence-electron chi connectivity index (χ2n) is 3.24. The topological polar surface area (TPSA) is 90.7 Å². The third kappa shape index (κ3) is 1.46. The van der Waals surface area contributed by atoms with Gasteiger partial charge in [0.25, 0.3) is 0 Å². The number of cyclic esters (lactones) is 1. The maximum absolute atomic E-state index is 11.1. The third-order valence-electron chi connectivity index (χ3n) is 1.66. The monoisotopic (exact) mass is 171 g/mol. The summed E-state index contributed by atoms with van der Waals surface area (Å²) in [6.07, 6.45) is 0. The van der Waals surface area contributed by atoms with Crippen molar-refractivity contribution in [3.8, 4) is 0 Å². The molecule has 0 aliphatic carbocycles. The summed E-state index contributed by atoms with van der Waals surface area (Å²) in [6, 6.07) is -0.476. The van der Waals surface area contributed by atoms with Gasteiger partial charge in [-0.25, -0.2) is 9.79 Å². The molecule has 5 heteroatoms. The minimum absolute atomic E-state index is 0.224. The molecule has 0 aromatic rings. The summed E-state index contributed by atoms with van der Waals surface area (Å²) < 4.78 is 4.84. The van der Waals surface area contributed by atoms with Gasteiger partial charge in [0.05, 0.1) is 6.04 Å². The Hall–Kier alpha value is -0.940. The molecule has 68 valence electrons. The van der Waals surface area contributed by atoms with Crippen LogP contribution in [0.4, 0.5) is 0 Å². The van der Waals surface area contributed by atoms with Gasteiger partial charge >= 0.3 is 5.97 Å². The van der Waals surface area contributed by atoms with E-state index in [1.807, 2.05) is 0 Å². The van der Waals surface area contributed by atoms with E-state index >= 15 is 0 Å². The molecule has 0 saturated heterocycles. The molecular weight excluding hydrogens is 158 g/mol. The van der Waals surface area contributed by atoms with Crippen LogP contribution in [0.5, 0.6) is 0 Å². The number of hydrogen-bond acceptors (Lipinski definition) is 5. The first-order valence-corrected chi connectivity index (χ1v) is 3.75. The van der Waals surface area contributed by atoms with Gasteiger partial charge in [0.1, 0.15) is 0 Å². The van der Waals surface area contributed by atoms with Crippen LogP contribution in [0.3, 0.4) is 0 Å². The number of esters is 1. The Labute approximate surface area is 70.8 Å². The lowest BCUT2D eigenvalue weighted by Gasteiger charge is -2.05. The molecule has 0 fully saturated rings. The fourth-order valence-electron chi connectivity index (χ4n) is 0.823. The Morgan fingerprint density at radius 2 is 2.25 bits per heavy atom. The van der Waals surface area contributed by atoms with Crippen LogP contribution in [-0.2, 0) is 9.53 Å². The van der Waals surface area contributed by atoms with E-state index in [2.05, 4.69) is 4.99 Å². The summed E-state index contributed by atoms with van der Waals surface area (Å²) in [5.41, 5.74) is 10.0. The van der Waals surface area contributed by atoms with Crippen LogP contribution in [0.2, 0.25) is 0 Å². The van der Waals surface area contributed by atoms with Gasteiger partial charge in [-0.2, -0.15) is 0 Å². The number of carbonyl (C=O) groups excluding carboxylic acids is 1. The number of carbonyl (C=O) groups is 1. The van der Waals surface area contributed by atoms with E-state index in [1.165, 1.54) is 0 Å². The average molecular weight is 171 g/mol. The van der Waals surface area contributed by atoms with Crippen molar-refractivity contribution >= 4 is 11.9 Å². The largest absolute Gasteiger partial charge is 0.408 e. The van der Waals surface area contributed by atoms with Gasteiger partial charge in [0, 0.05) is 6.54 Å². The van der Waals surface area contributed by atoms with E-state index in [4.69, 9.17) is 16.2 Å². The second kappa shape index (κ2) is 2.84. The molecule has 1 aliphatic rings. The highest BCUT2D eigenvalue weighted by molar-refractivity contribution is 6.01. The molecule has 0 radical (unpaired) electrons. The van der Waals surface area contributed by atoms with Crippen LogP contribution >= 0.6 is 0 Å². The van der Waals surface area contributed by atoms with Gasteiger partial charge in [0.2, 0.25) is 5.90 Å². The van der Waals surface area contributed by atoms with Gasteiger partial charge in [0.15, 0.2) is 5.54 Å². The van der Waals surface area contributed by atoms with Crippen molar-refractivity contribution < 1.29 is 9.53 Å². The van der Waals surface area contributed by atoms with Gasteiger partial charge in [-0.15, -0.1) is 0 Å². The van der Waals surface area contributed by atoms with Gasteiger partial charge < -0.3 is 16.2 Å². The van der Waals surface area contributed by atoms with Crippen LogP contribution in [0.25, 0.3) is 0 Å². The number of hydrogen-bond donors (Lipinski definition) is 2. The predicted octanol–water partition coefficient (Wildman–Crippen LogP) is -0.994. The Morgan fingerprint density at radius 3 is 2.58 bits per heavy atom. The predicted molar refractivity (Wildman–Crippen MR) is 44.6 cm³/mol. The molecule has 0 spiro atoms. The number of nitrogens with two attached hydrogens (primary N) is 2. The molecule has 4 N–H and O–H groups in total. The first-order chi connectivity index (χ1) is 5.47. The Balaban J connectivity index is 2.79. The molecule has 12 heavy (non-hydrogen) atoms. The number of nitrogens with zero attached hydrogens (tertiary/aromatic N) is 1. The lowest BCUT2D eigenvalue weighted by Crippen LogP contribution is -2.38. The normalized spacial score (nSPS) is 23.3. The maximum atomic E-state index is 11.1. The summed E-state index contributed by atoms with van der Waals surface area (Å²) >= 11 is 0. The minimum Gasteiger partial charge on any atom is -0.408 e. The van der Waals surface area contributed by atoms with Gasteiger partial charge in [-0.1, -0.05) is 0 Å². The molecule has 0 amide bonds. The van der Waals surface area contributed by atoms with E-state index in [-0.39, 0.29) is 18.4 Å². The van der Waals surface area contributed by atoms with Crippen LogP contribution in [-0.4, -0.2) is 30.0 Å². The number of aliphatic imine (C=N–C) groups is 1. The lowest BCUT2D eigenvalue weighted by molar-refractivity contribution is -0.138. The minimum atomic E-state index is -0.803. The Kier molecular flexibility index (Phi) is 2.16. The number of ether oxygens (including phenoxy) is 1. The van der Waals surface area contributed by atoms with Crippen LogP contribution in [0, 0.1) is 0 Å². The molecule has 1 atom stereocenters. The quantitative estimate of drug-likeness (QED) is 0.522. The zero-order valence-electron chi connectivity index (χ0n) is 7.20.